The summed E-state index contributed by atoms with van der Waals surface area (Å²) in [5, 5.41) is 0. The third-order valence-electron chi connectivity index (χ3n) is 1.34. The molecule has 0 unspecified atom stereocenters. The molecule has 0 atom stereocenters. The van der Waals surface area contributed by atoms with Crippen LogP contribution in [0, 0.1) is 0 Å². The lowest BCUT2D eigenvalue weighted by atomic mass is 10.3. The van der Waals surface area contributed by atoms with E-state index in [-0.39, 0.29) is 0 Å². The van der Waals surface area contributed by atoms with Crippen LogP contribution in [-0.4, -0.2) is 11.0 Å². The van der Waals surface area contributed by atoms with Crippen LogP contribution < -0.4 is 5.73 Å². The summed E-state index contributed by atoms with van der Waals surface area (Å²) in [6, 6.07) is 7.53. The number of ether oxygens (including phenoxy) is 1. The average molecular weight is 213 g/mol. The molecule has 0 fully saturated rings. The van der Waals surface area contributed by atoms with Gasteiger partial charge in [-0.1, -0.05) is 0 Å². The maximum atomic E-state index is 5.54. The van der Waals surface area contributed by atoms with Gasteiger partial charge >= 0.3 is 0 Å². The fraction of sp³-hybridized carbons (Fsp3) is 0.222. The van der Waals surface area contributed by atoms with Crippen molar-refractivity contribution in [3.8, 4) is 0 Å². The van der Waals surface area contributed by atoms with Crippen molar-refractivity contribution in [1.82, 2.24) is 0 Å². The average Bonchev–Trinajstić information content (AvgIpc) is 2.09. The Hall–Kier alpha value is -0.740. The Morgan fingerprint density at radius 2 is 2.08 bits per heavy atom. The third kappa shape index (κ3) is 3.65. The summed E-state index contributed by atoms with van der Waals surface area (Å²) in [5.74, 6) is 0. The van der Waals surface area contributed by atoms with Gasteiger partial charge in [0.05, 0.1) is 6.61 Å². The summed E-state index contributed by atoms with van der Waals surface area (Å²) in [6.07, 6.45) is 0. The van der Waals surface area contributed by atoms with Crippen LogP contribution >= 0.6 is 24.0 Å². The van der Waals surface area contributed by atoms with Gasteiger partial charge in [-0.05, 0) is 55.2 Å². The van der Waals surface area contributed by atoms with E-state index >= 15 is 0 Å². The summed E-state index contributed by atoms with van der Waals surface area (Å²) in [5.41, 5.74) is 6.30. The van der Waals surface area contributed by atoms with Crippen LogP contribution in [0.2, 0.25) is 0 Å². The van der Waals surface area contributed by atoms with Crippen LogP contribution in [-0.2, 0) is 4.74 Å². The van der Waals surface area contributed by atoms with Gasteiger partial charge in [-0.15, -0.1) is 0 Å². The molecule has 13 heavy (non-hydrogen) atoms. The Bertz CT molecular complexity index is 284. The molecule has 0 saturated heterocycles. The molecule has 1 aromatic rings. The molecule has 2 N–H and O–H groups in total. The predicted octanol–water partition coefficient (Wildman–Crippen LogP) is 2.68. The Morgan fingerprint density at radius 3 is 2.62 bits per heavy atom. The van der Waals surface area contributed by atoms with Gasteiger partial charge in [-0.3, -0.25) is 0 Å². The standard InChI is InChI=1S/C9H11NOS2/c1-2-11-9(12)13-8-5-3-7(10)4-6-8/h3-6H,2,10H2,1H3. The molecule has 1 aromatic carbocycles. The first-order valence-electron chi connectivity index (χ1n) is 3.92. The number of nitrogens with two attached hydrogens (primary N) is 1. The molecule has 70 valence electrons. The van der Waals surface area contributed by atoms with E-state index in [1.165, 1.54) is 11.8 Å². The van der Waals surface area contributed by atoms with E-state index in [1.54, 1.807) is 0 Å². The minimum absolute atomic E-state index is 0.548. The van der Waals surface area contributed by atoms with Crippen molar-refractivity contribution in [1.29, 1.82) is 0 Å². The summed E-state index contributed by atoms with van der Waals surface area (Å²) in [4.78, 5) is 1.05. The molecular formula is C9H11NOS2. The Morgan fingerprint density at radius 1 is 1.46 bits per heavy atom. The van der Waals surface area contributed by atoms with E-state index < -0.39 is 0 Å². The van der Waals surface area contributed by atoms with Crippen LogP contribution in [0.3, 0.4) is 0 Å². The van der Waals surface area contributed by atoms with Crippen LogP contribution in [0.4, 0.5) is 5.69 Å². The van der Waals surface area contributed by atoms with Crippen molar-refractivity contribution in [2.75, 3.05) is 12.3 Å². The lowest BCUT2D eigenvalue weighted by Crippen LogP contribution is -1.95. The van der Waals surface area contributed by atoms with Crippen molar-refractivity contribution in [2.24, 2.45) is 0 Å². The largest absolute Gasteiger partial charge is 0.479 e. The SMILES string of the molecule is CCOC(=S)Sc1ccc(N)cc1. The highest BCUT2D eigenvalue weighted by Gasteiger charge is 1.99. The molecule has 0 saturated carbocycles. The highest BCUT2D eigenvalue weighted by Crippen LogP contribution is 2.21. The highest BCUT2D eigenvalue weighted by atomic mass is 32.2. The number of hydrogen-bond acceptors (Lipinski definition) is 4. The molecule has 0 aliphatic carbocycles. The first kappa shape index (κ1) is 10.3. The van der Waals surface area contributed by atoms with E-state index in [0.29, 0.717) is 11.0 Å². The van der Waals surface area contributed by atoms with Gasteiger partial charge in [-0.2, -0.15) is 0 Å². The zero-order chi connectivity index (χ0) is 9.68. The Labute approximate surface area is 87.5 Å². The molecule has 1 rings (SSSR count). The first-order chi connectivity index (χ1) is 6.22. The molecule has 0 heterocycles. The predicted molar refractivity (Wildman–Crippen MR) is 60.9 cm³/mol. The number of nitrogen functional groups attached to an aromatic ring is 1. The van der Waals surface area contributed by atoms with Crippen molar-refractivity contribution in [2.45, 2.75) is 11.8 Å². The number of hydrogen-bond donors (Lipinski definition) is 1. The van der Waals surface area contributed by atoms with Crippen LogP contribution in [0.25, 0.3) is 0 Å². The minimum atomic E-state index is 0.548. The van der Waals surface area contributed by atoms with Gasteiger partial charge in [0.1, 0.15) is 0 Å². The summed E-state index contributed by atoms with van der Waals surface area (Å²) in [6.45, 7) is 2.52. The summed E-state index contributed by atoms with van der Waals surface area (Å²) >= 11 is 6.41. The Balaban J connectivity index is 2.54. The smallest absolute Gasteiger partial charge is 0.224 e. The molecule has 2 nitrogen and oxygen atoms in total. The summed E-state index contributed by atoms with van der Waals surface area (Å²) in [7, 11) is 0. The van der Waals surface area contributed by atoms with Crippen LogP contribution in [0.15, 0.2) is 29.2 Å². The maximum Gasteiger partial charge on any atom is 0.224 e. The van der Waals surface area contributed by atoms with Crippen molar-refractivity contribution >= 4 is 34.0 Å². The fourth-order valence-electron chi connectivity index (χ4n) is 0.779. The zero-order valence-electron chi connectivity index (χ0n) is 7.32. The van der Waals surface area contributed by atoms with Gasteiger partial charge in [0.2, 0.25) is 4.38 Å². The van der Waals surface area contributed by atoms with Gasteiger partial charge < -0.3 is 10.5 Å². The molecular weight excluding hydrogens is 202 g/mol. The monoisotopic (exact) mass is 213 g/mol. The highest BCUT2D eigenvalue weighted by molar-refractivity contribution is 8.22. The number of anilines is 1. The van der Waals surface area contributed by atoms with E-state index in [4.69, 9.17) is 22.7 Å². The molecule has 0 radical (unpaired) electrons. The quantitative estimate of drug-likeness (QED) is 0.465. The van der Waals surface area contributed by atoms with Gasteiger partial charge in [0.15, 0.2) is 0 Å². The molecule has 0 aromatic heterocycles. The second kappa shape index (κ2) is 5.09. The molecule has 0 bridgehead atoms. The normalized spacial score (nSPS) is 9.62. The van der Waals surface area contributed by atoms with Crippen molar-refractivity contribution in [3.05, 3.63) is 24.3 Å². The number of rotatable bonds is 2. The second-order valence-corrected chi connectivity index (χ2v) is 4.03. The van der Waals surface area contributed by atoms with Gasteiger partial charge in [0.25, 0.3) is 0 Å². The zero-order valence-corrected chi connectivity index (χ0v) is 8.95. The second-order valence-electron chi connectivity index (χ2n) is 2.35. The van der Waals surface area contributed by atoms with Gasteiger partial charge in [-0.25, -0.2) is 0 Å². The lowest BCUT2D eigenvalue weighted by molar-refractivity contribution is 0.346. The number of thioether (sulfide) groups is 1. The number of thiocarbonyl (C=S) groups is 1. The Kier molecular flexibility index (Phi) is 4.05. The van der Waals surface area contributed by atoms with Crippen molar-refractivity contribution in [3.63, 3.8) is 0 Å². The third-order valence-corrected chi connectivity index (χ3v) is 2.50. The van der Waals surface area contributed by atoms with E-state index in [9.17, 15) is 0 Å². The van der Waals surface area contributed by atoms with Gasteiger partial charge in [0, 0.05) is 10.6 Å². The van der Waals surface area contributed by atoms with Crippen molar-refractivity contribution < 1.29 is 4.74 Å². The minimum Gasteiger partial charge on any atom is -0.479 e. The molecule has 0 amide bonds. The lowest BCUT2D eigenvalue weighted by Gasteiger charge is -2.03. The molecule has 0 aliphatic heterocycles. The van der Waals surface area contributed by atoms with Crippen LogP contribution in [0.1, 0.15) is 6.92 Å². The van der Waals surface area contributed by atoms with E-state index in [0.717, 1.165) is 10.6 Å². The molecule has 0 aliphatic rings. The van der Waals surface area contributed by atoms with Crippen LogP contribution in [0.5, 0.6) is 0 Å². The summed E-state index contributed by atoms with van der Waals surface area (Å²) < 4.78 is 5.69. The number of benzene rings is 1. The first-order valence-corrected chi connectivity index (χ1v) is 5.15. The fourth-order valence-corrected chi connectivity index (χ4v) is 1.83. The van der Waals surface area contributed by atoms with E-state index in [1.807, 2.05) is 31.2 Å². The molecule has 4 heteroatoms. The molecule has 0 spiro atoms. The topological polar surface area (TPSA) is 35.2 Å². The van der Waals surface area contributed by atoms with E-state index in [2.05, 4.69) is 0 Å². The maximum absolute atomic E-state index is 5.54.